The normalized spacial score (nSPS) is 56.6. The Morgan fingerprint density at radius 2 is 1.07 bits per heavy atom. The molecule has 19 nitrogen and oxygen atoms in total. The Morgan fingerprint density at radius 3 is 1.65 bits per heavy atom. The van der Waals surface area contributed by atoms with Crippen LogP contribution < -0.4 is 0 Å². The van der Waals surface area contributed by atoms with E-state index in [0.717, 1.165) is 0 Å². The minimum absolute atomic E-state index is 0.870. The summed E-state index contributed by atoms with van der Waals surface area (Å²) in [6.07, 6.45) is -34.1. The van der Waals surface area contributed by atoms with Crippen molar-refractivity contribution in [2.75, 3.05) is 13.2 Å². The first-order valence-corrected chi connectivity index (χ1v) is 13.8. The van der Waals surface area contributed by atoms with Crippen molar-refractivity contribution in [1.82, 2.24) is 0 Å². The largest absolute Gasteiger partial charge is 0.394 e. The molecular formula is C24H42O19. The highest BCUT2D eigenvalue weighted by molar-refractivity contribution is 5.11. The molecule has 0 aromatic heterocycles. The van der Waals surface area contributed by atoms with Gasteiger partial charge >= 0.3 is 0 Å². The van der Waals surface area contributed by atoms with Crippen molar-refractivity contribution in [3.63, 3.8) is 0 Å². The molecule has 0 aromatic carbocycles. The van der Waals surface area contributed by atoms with Crippen LogP contribution in [-0.4, -0.2) is 202 Å². The molecule has 4 heterocycles. The number of hydrogen-bond donors (Lipinski definition) is 13. The van der Waals surface area contributed by atoms with E-state index in [9.17, 15) is 66.4 Å². The van der Waals surface area contributed by atoms with E-state index in [1.54, 1.807) is 0 Å². The summed E-state index contributed by atoms with van der Waals surface area (Å²) in [4.78, 5) is 0. The van der Waals surface area contributed by atoms with E-state index < -0.39 is 135 Å². The summed E-state index contributed by atoms with van der Waals surface area (Å²) < 4.78 is 33.0. The van der Waals surface area contributed by atoms with Crippen molar-refractivity contribution < 1.29 is 94.8 Å². The molecule has 0 aromatic rings. The number of aliphatic hydroxyl groups is 13. The first kappa shape index (κ1) is 35.1. The number of ether oxygens (including phenoxy) is 6. The van der Waals surface area contributed by atoms with Gasteiger partial charge in [-0.15, -0.1) is 0 Å². The zero-order valence-electron chi connectivity index (χ0n) is 23.1. The molecule has 3 unspecified atom stereocenters. The third-order valence-corrected chi connectivity index (χ3v) is 8.55. The fraction of sp³-hybridized carbons (Fsp3) is 1.00. The molecule has 4 fully saturated rings. The van der Waals surface area contributed by atoms with Crippen LogP contribution in [0, 0.1) is 0 Å². The minimum Gasteiger partial charge on any atom is -0.394 e. The standard InChI is InChI=1S/C24H42O19/c1-5-9(27)12(30)15(33)20(38-5)24(37)19(35)17(8(4-26)41-23(24)36)42-22-18(14(32)11(29)7(3-25)40-22)43-21-16(34)13(31)10(28)6(2)39-21/h5-23,25-37H,3-4H2,1-2H3/t5-,6-,7+,8+,9+,10+,11-,12+,13+,14-,15-,16-,17+,18+,19-,20?,21?,22-,23?,24-/m0/s1. The fourth-order valence-electron chi connectivity index (χ4n) is 5.76. The molecule has 4 aliphatic rings. The van der Waals surface area contributed by atoms with Crippen molar-refractivity contribution in [2.24, 2.45) is 0 Å². The van der Waals surface area contributed by atoms with E-state index >= 15 is 0 Å². The summed E-state index contributed by atoms with van der Waals surface area (Å²) in [7, 11) is 0. The lowest BCUT2D eigenvalue weighted by Crippen LogP contribution is -2.77. The summed E-state index contributed by atoms with van der Waals surface area (Å²) in [5.41, 5.74) is -3.00. The molecule has 20 atom stereocenters. The Kier molecular flexibility index (Phi) is 11.0. The molecular weight excluding hydrogens is 592 g/mol. The fourth-order valence-corrected chi connectivity index (χ4v) is 5.76. The smallest absolute Gasteiger partial charge is 0.189 e. The summed E-state index contributed by atoms with van der Waals surface area (Å²) in [5, 5.41) is 136. The lowest BCUT2D eigenvalue weighted by Gasteiger charge is -2.54. The summed E-state index contributed by atoms with van der Waals surface area (Å²) >= 11 is 0. The monoisotopic (exact) mass is 634 g/mol. The maximum absolute atomic E-state index is 11.5. The van der Waals surface area contributed by atoms with Crippen molar-refractivity contribution in [3.05, 3.63) is 0 Å². The van der Waals surface area contributed by atoms with Crippen LogP contribution in [0.15, 0.2) is 0 Å². The van der Waals surface area contributed by atoms with Crippen molar-refractivity contribution >= 4 is 0 Å². The zero-order valence-corrected chi connectivity index (χ0v) is 23.1. The third-order valence-electron chi connectivity index (χ3n) is 8.55. The van der Waals surface area contributed by atoms with Gasteiger partial charge in [0.1, 0.15) is 85.5 Å². The SMILES string of the molecule is C[C@@H]1OC(O[C@H]2[C@H](O[C@@H]3[C@@H](CO)OC(O)[C@@](O)(C4O[C@@H](C)[C@@H](O)[C@@H](O)[C@@H]4O)[C@H]3O)O[C@H](CO)[C@H](O)[C@@H]2O)[C@@H](O)[C@H](O)[C@@H]1O. The van der Waals surface area contributed by atoms with Gasteiger partial charge in [-0.05, 0) is 13.8 Å². The molecule has 4 saturated heterocycles. The van der Waals surface area contributed by atoms with Crippen molar-refractivity contribution in [1.29, 1.82) is 0 Å². The molecule has 0 amide bonds. The quantitative estimate of drug-likeness (QED) is 0.124. The second-order valence-corrected chi connectivity index (χ2v) is 11.4. The lowest BCUT2D eigenvalue weighted by molar-refractivity contribution is -0.409. The third kappa shape index (κ3) is 6.20. The van der Waals surface area contributed by atoms with Gasteiger partial charge in [-0.1, -0.05) is 0 Å². The molecule has 0 radical (unpaired) electrons. The molecule has 0 aliphatic carbocycles. The summed E-state index contributed by atoms with van der Waals surface area (Å²) in [5.74, 6) is 0. The Hall–Kier alpha value is -0.760. The molecule has 4 rings (SSSR count). The number of aliphatic hydroxyl groups excluding tert-OH is 12. The van der Waals surface area contributed by atoms with E-state index in [0.29, 0.717) is 0 Å². The van der Waals surface area contributed by atoms with Gasteiger partial charge in [0.2, 0.25) is 0 Å². The van der Waals surface area contributed by atoms with E-state index in [1.807, 2.05) is 0 Å². The Bertz CT molecular complexity index is 916. The predicted molar refractivity (Wildman–Crippen MR) is 131 cm³/mol. The molecule has 4 aliphatic heterocycles. The van der Waals surface area contributed by atoms with Crippen LogP contribution in [0.4, 0.5) is 0 Å². The van der Waals surface area contributed by atoms with Gasteiger partial charge in [-0.25, -0.2) is 0 Å². The van der Waals surface area contributed by atoms with Crippen molar-refractivity contribution in [2.45, 2.75) is 136 Å². The van der Waals surface area contributed by atoms with Gasteiger partial charge in [-0.2, -0.15) is 0 Å². The van der Waals surface area contributed by atoms with E-state index in [4.69, 9.17) is 28.4 Å². The van der Waals surface area contributed by atoms with Gasteiger partial charge < -0.3 is 94.8 Å². The van der Waals surface area contributed by atoms with E-state index in [-0.39, 0.29) is 0 Å². The van der Waals surface area contributed by atoms with Gasteiger partial charge in [0.25, 0.3) is 0 Å². The second-order valence-electron chi connectivity index (χ2n) is 11.4. The highest BCUT2D eigenvalue weighted by Crippen LogP contribution is 2.40. The molecule has 19 heteroatoms. The average Bonchev–Trinajstić information content (AvgIpc) is 2.98. The molecule has 0 spiro atoms. The molecule has 13 N–H and O–H groups in total. The van der Waals surface area contributed by atoms with Crippen LogP contribution >= 0.6 is 0 Å². The summed E-state index contributed by atoms with van der Waals surface area (Å²) in [6, 6.07) is 0. The lowest BCUT2D eigenvalue weighted by atomic mass is 9.76. The van der Waals surface area contributed by atoms with Gasteiger partial charge in [-0.3, -0.25) is 0 Å². The maximum Gasteiger partial charge on any atom is 0.189 e. The van der Waals surface area contributed by atoms with E-state index in [1.165, 1.54) is 13.8 Å². The van der Waals surface area contributed by atoms with Gasteiger partial charge in [0.05, 0.1) is 25.4 Å². The topological polar surface area (TPSA) is 318 Å². The van der Waals surface area contributed by atoms with Crippen LogP contribution in [0.2, 0.25) is 0 Å². The van der Waals surface area contributed by atoms with Crippen molar-refractivity contribution in [3.8, 4) is 0 Å². The first-order valence-electron chi connectivity index (χ1n) is 13.8. The number of hydrogen-bond acceptors (Lipinski definition) is 19. The minimum atomic E-state index is -3.00. The molecule has 0 saturated carbocycles. The molecule has 252 valence electrons. The van der Waals surface area contributed by atoms with E-state index in [2.05, 4.69) is 0 Å². The van der Waals surface area contributed by atoms with Crippen LogP contribution in [0.5, 0.6) is 0 Å². The predicted octanol–water partition coefficient (Wildman–Crippen LogP) is -8.31. The summed E-state index contributed by atoms with van der Waals surface area (Å²) in [6.45, 7) is 0.798. The van der Waals surface area contributed by atoms with Gasteiger partial charge in [0.15, 0.2) is 24.5 Å². The van der Waals surface area contributed by atoms with Gasteiger partial charge in [0, 0.05) is 0 Å². The Balaban J connectivity index is 1.64. The van der Waals surface area contributed by atoms with Crippen LogP contribution in [-0.2, 0) is 28.4 Å². The average molecular weight is 635 g/mol. The number of rotatable bonds is 7. The molecule has 43 heavy (non-hydrogen) atoms. The first-order chi connectivity index (χ1) is 20.1. The zero-order chi connectivity index (χ0) is 32.1. The van der Waals surface area contributed by atoms with Crippen LogP contribution in [0.3, 0.4) is 0 Å². The van der Waals surface area contributed by atoms with Crippen LogP contribution in [0.1, 0.15) is 13.8 Å². The maximum atomic E-state index is 11.5. The molecule has 0 bridgehead atoms. The second kappa shape index (κ2) is 13.5. The van der Waals surface area contributed by atoms with Crippen LogP contribution in [0.25, 0.3) is 0 Å². The highest BCUT2D eigenvalue weighted by atomic mass is 16.8. The Labute approximate surface area is 244 Å². The Morgan fingerprint density at radius 1 is 0.535 bits per heavy atom. The highest BCUT2D eigenvalue weighted by Gasteiger charge is 2.65.